The number of nitrogens with zero attached hydrogens (tertiary/aromatic N) is 3. The van der Waals surface area contributed by atoms with Gasteiger partial charge in [0.05, 0.1) is 18.1 Å². The third kappa shape index (κ3) is 2.88. The molecule has 0 bridgehead atoms. The van der Waals surface area contributed by atoms with Crippen molar-refractivity contribution in [3.63, 3.8) is 0 Å². The fourth-order valence-corrected chi connectivity index (χ4v) is 3.42. The lowest BCUT2D eigenvalue weighted by atomic mass is 9.85. The van der Waals surface area contributed by atoms with Crippen LogP contribution in [0.15, 0.2) is 6.33 Å². The molecule has 4 heteroatoms. The maximum Gasteiger partial charge on any atom is 0.109 e. The van der Waals surface area contributed by atoms with Crippen molar-refractivity contribution in [2.24, 2.45) is 5.92 Å². The zero-order chi connectivity index (χ0) is 14.8. The van der Waals surface area contributed by atoms with Crippen LogP contribution in [0.4, 0.5) is 0 Å². The second kappa shape index (κ2) is 5.97. The van der Waals surface area contributed by atoms with Crippen molar-refractivity contribution < 1.29 is 0 Å². The summed E-state index contributed by atoms with van der Waals surface area (Å²) in [5, 5.41) is 13.2. The van der Waals surface area contributed by atoms with Crippen LogP contribution in [0.2, 0.25) is 0 Å². The fraction of sp³-hybridized carbons (Fsp3) is 0.750. The predicted octanol–water partition coefficient (Wildman–Crippen LogP) is 2.95. The number of aryl methyl sites for hydroxylation is 2. The fourth-order valence-electron chi connectivity index (χ4n) is 3.42. The molecule has 20 heavy (non-hydrogen) atoms. The van der Waals surface area contributed by atoms with Crippen LogP contribution in [0.5, 0.6) is 0 Å². The first-order valence-corrected chi connectivity index (χ1v) is 7.66. The Kier molecular flexibility index (Phi) is 4.49. The van der Waals surface area contributed by atoms with Crippen molar-refractivity contribution in [2.45, 2.75) is 71.5 Å². The van der Waals surface area contributed by atoms with E-state index in [0.717, 1.165) is 37.9 Å². The summed E-state index contributed by atoms with van der Waals surface area (Å²) in [6.45, 7) is 9.36. The lowest BCUT2D eigenvalue weighted by Crippen LogP contribution is -2.50. The molecule has 1 aromatic rings. The van der Waals surface area contributed by atoms with Crippen molar-refractivity contribution in [3.05, 3.63) is 17.7 Å². The molecule has 1 aliphatic carbocycles. The SMILES string of the molecule is Cc1ncn(CCC2CCCC2(C#N)NC(C)C)c1C. The van der Waals surface area contributed by atoms with Crippen LogP contribution in [0.3, 0.4) is 0 Å². The second-order valence-corrected chi connectivity index (χ2v) is 6.37. The number of hydrogen-bond donors (Lipinski definition) is 1. The van der Waals surface area contributed by atoms with Crippen LogP contribution in [0.25, 0.3) is 0 Å². The molecule has 0 amide bonds. The molecule has 0 radical (unpaired) electrons. The molecule has 1 fully saturated rings. The zero-order valence-corrected chi connectivity index (χ0v) is 13.1. The number of hydrogen-bond acceptors (Lipinski definition) is 3. The predicted molar refractivity (Wildman–Crippen MR) is 80.3 cm³/mol. The molecule has 1 heterocycles. The molecule has 1 aliphatic rings. The Morgan fingerprint density at radius 2 is 2.30 bits per heavy atom. The van der Waals surface area contributed by atoms with Gasteiger partial charge < -0.3 is 4.57 Å². The molecule has 1 saturated carbocycles. The van der Waals surface area contributed by atoms with Gasteiger partial charge in [0.15, 0.2) is 0 Å². The van der Waals surface area contributed by atoms with Gasteiger partial charge in [0.2, 0.25) is 0 Å². The normalized spacial score (nSPS) is 26.1. The first-order valence-electron chi connectivity index (χ1n) is 7.66. The van der Waals surface area contributed by atoms with E-state index < -0.39 is 0 Å². The quantitative estimate of drug-likeness (QED) is 0.898. The van der Waals surface area contributed by atoms with Crippen molar-refractivity contribution >= 4 is 0 Å². The minimum Gasteiger partial charge on any atom is -0.335 e. The van der Waals surface area contributed by atoms with Crippen molar-refractivity contribution in [1.29, 1.82) is 5.26 Å². The van der Waals surface area contributed by atoms with E-state index in [9.17, 15) is 5.26 Å². The Labute approximate surface area is 122 Å². The van der Waals surface area contributed by atoms with Crippen LogP contribution in [-0.4, -0.2) is 21.1 Å². The molecule has 2 rings (SSSR count). The first-order chi connectivity index (χ1) is 9.48. The van der Waals surface area contributed by atoms with Crippen LogP contribution >= 0.6 is 0 Å². The van der Waals surface area contributed by atoms with Gasteiger partial charge in [0, 0.05) is 18.3 Å². The summed E-state index contributed by atoms with van der Waals surface area (Å²) >= 11 is 0. The number of nitrogens with one attached hydrogen (secondary N) is 1. The van der Waals surface area contributed by atoms with E-state index in [1.54, 1.807) is 0 Å². The summed E-state index contributed by atoms with van der Waals surface area (Å²) in [6.07, 6.45) is 6.25. The number of nitriles is 1. The average Bonchev–Trinajstić information content (AvgIpc) is 2.93. The minimum atomic E-state index is -0.322. The zero-order valence-electron chi connectivity index (χ0n) is 13.1. The molecule has 2 atom stereocenters. The summed E-state index contributed by atoms with van der Waals surface area (Å²) < 4.78 is 2.21. The third-order valence-corrected chi connectivity index (χ3v) is 4.63. The maximum atomic E-state index is 9.66. The highest BCUT2D eigenvalue weighted by Crippen LogP contribution is 2.38. The molecule has 1 N–H and O–H groups in total. The van der Waals surface area contributed by atoms with Gasteiger partial charge in [-0.05, 0) is 52.9 Å². The summed E-state index contributed by atoms with van der Waals surface area (Å²) in [5.74, 6) is 0.442. The van der Waals surface area contributed by atoms with E-state index in [-0.39, 0.29) is 5.54 Å². The van der Waals surface area contributed by atoms with E-state index in [4.69, 9.17) is 0 Å². The first kappa shape index (κ1) is 15.1. The van der Waals surface area contributed by atoms with E-state index in [1.807, 2.05) is 13.3 Å². The summed E-state index contributed by atoms with van der Waals surface area (Å²) in [6, 6.07) is 2.93. The van der Waals surface area contributed by atoms with Crippen molar-refractivity contribution in [1.82, 2.24) is 14.9 Å². The van der Waals surface area contributed by atoms with Gasteiger partial charge in [-0.1, -0.05) is 6.42 Å². The Morgan fingerprint density at radius 1 is 1.55 bits per heavy atom. The van der Waals surface area contributed by atoms with Crippen LogP contribution < -0.4 is 5.32 Å². The highest BCUT2D eigenvalue weighted by molar-refractivity contribution is 5.15. The van der Waals surface area contributed by atoms with Gasteiger partial charge in [0.25, 0.3) is 0 Å². The molecule has 0 saturated heterocycles. The number of imidazole rings is 1. The highest BCUT2D eigenvalue weighted by atomic mass is 15.1. The molecule has 2 unspecified atom stereocenters. The number of rotatable bonds is 5. The lowest BCUT2D eigenvalue weighted by Gasteiger charge is -2.32. The molecule has 0 spiro atoms. The summed E-state index contributed by atoms with van der Waals surface area (Å²) in [5.41, 5.74) is 2.02. The largest absolute Gasteiger partial charge is 0.335 e. The Hall–Kier alpha value is -1.34. The Morgan fingerprint density at radius 3 is 2.85 bits per heavy atom. The molecule has 0 aromatic carbocycles. The van der Waals surface area contributed by atoms with E-state index in [0.29, 0.717) is 12.0 Å². The topological polar surface area (TPSA) is 53.6 Å². The van der Waals surface area contributed by atoms with Crippen LogP contribution in [0, 0.1) is 31.1 Å². The molecular weight excluding hydrogens is 248 g/mol. The smallest absolute Gasteiger partial charge is 0.109 e. The number of aromatic nitrogens is 2. The van der Waals surface area contributed by atoms with Gasteiger partial charge in [-0.3, -0.25) is 5.32 Å². The average molecular weight is 274 g/mol. The molecular formula is C16H26N4. The summed E-state index contributed by atoms with van der Waals surface area (Å²) in [7, 11) is 0. The standard InChI is InChI=1S/C16H26N4/c1-12(2)19-16(10-17)8-5-6-15(16)7-9-20-11-18-13(3)14(20)4/h11-12,15,19H,5-9H2,1-4H3. The van der Waals surface area contributed by atoms with E-state index in [1.165, 1.54) is 5.69 Å². The van der Waals surface area contributed by atoms with Gasteiger partial charge in [-0.15, -0.1) is 0 Å². The molecule has 4 nitrogen and oxygen atoms in total. The van der Waals surface area contributed by atoms with Crippen molar-refractivity contribution in [2.75, 3.05) is 0 Å². The van der Waals surface area contributed by atoms with Crippen LogP contribution in [-0.2, 0) is 6.54 Å². The van der Waals surface area contributed by atoms with Crippen molar-refractivity contribution in [3.8, 4) is 6.07 Å². The molecule has 1 aromatic heterocycles. The third-order valence-electron chi connectivity index (χ3n) is 4.63. The minimum absolute atomic E-state index is 0.322. The van der Waals surface area contributed by atoms with Gasteiger partial charge in [-0.25, -0.2) is 4.98 Å². The molecule has 0 aliphatic heterocycles. The lowest BCUT2D eigenvalue weighted by molar-refractivity contribution is 0.272. The van der Waals surface area contributed by atoms with Gasteiger partial charge in [-0.2, -0.15) is 5.26 Å². The van der Waals surface area contributed by atoms with Gasteiger partial charge >= 0.3 is 0 Å². The monoisotopic (exact) mass is 274 g/mol. The van der Waals surface area contributed by atoms with Gasteiger partial charge in [0.1, 0.15) is 5.54 Å². The van der Waals surface area contributed by atoms with E-state index in [2.05, 4.69) is 41.7 Å². The van der Waals surface area contributed by atoms with Crippen LogP contribution in [0.1, 0.15) is 50.9 Å². The Bertz CT molecular complexity index is 497. The summed E-state index contributed by atoms with van der Waals surface area (Å²) in [4.78, 5) is 4.35. The maximum absolute atomic E-state index is 9.66. The second-order valence-electron chi connectivity index (χ2n) is 6.37. The Balaban J connectivity index is 2.04. The highest BCUT2D eigenvalue weighted by Gasteiger charge is 2.43. The van der Waals surface area contributed by atoms with E-state index >= 15 is 0 Å². The molecule has 110 valence electrons.